The predicted molar refractivity (Wildman–Crippen MR) is 69.3 cm³/mol. The summed E-state index contributed by atoms with van der Waals surface area (Å²) in [5.74, 6) is 0.368. The van der Waals surface area contributed by atoms with E-state index >= 15 is 0 Å². The minimum atomic E-state index is -0.484. The molecule has 0 saturated carbocycles. The van der Waals surface area contributed by atoms with Crippen LogP contribution >= 0.6 is 0 Å². The van der Waals surface area contributed by atoms with E-state index in [9.17, 15) is 14.9 Å². The molecule has 102 valence electrons. The highest BCUT2D eigenvalue weighted by Gasteiger charge is 2.25. The number of nitro groups is 1. The first-order valence-electron chi connectivity index (χ1n) is 5.98. The van der Waals surface area contributed by atoms with Crippen molar-refractivity contribution in [1.29, 1.82) is 0 Å². The van der Waals surface area contributed by atoms with Crippen LogP contribution in [0.5, 0.6) is 5.75 Å². The van der Waals surface area contributed by atoms with Crippen LogP contribution in [0.1, 0.15) is 12.8 Å². The van der Waals surface area contributed by atoms with Crippen LogP contribution in [0.2, 0.25) is 0 Å². The number of rotatable bonds is 4. The van der Waals surface area contributed by atoms with Crippen molar-refractivity contribution in [2.24, 2.45) is 0 Å². The molecule has 1 saturated heterocycles. The third kappa shape index (κ3) is 2.93. The number of ether oxygens (including phenoxy) is 1. The molecular weight excluding hydrogens is 250 g/mol. The first kappa shape index (κ1) is 13.1. The fourth-order valence-corrected chi connectivity index (χ4v) is 2.01. The number of hydrogen-bond acceptors (Lipinski definition) is 5. The van der Waals surface area contributed by atoms with E-state index in [0.29, 0.717) is 24.4 Å². The van der Waals surface area contributed by atoms with Gasteiger partial charge in [0.05, 0.1) is 12.0 Å². The molecular formula is C12H15N3O4. The second kappa shape index (κ2) is 5.55. The van der Waals surface area contributed by atoms with Gasteiger partial charge in [0.15, 0.2) is 0 Å². The summed E-state index contributed by atoms with van der Waals surface area (Å²) < 4.78 is 5.04. The van der Waals surface area contributed by atoms with Gasteiger partial charge in [-0.25, -0.2) is 0 Å². The molecule has 0 aromatic heterocycles. The number of nitrogens with one attached hydrogen (secondary N) is 2. The quantitative estimate of drug-likeness (QED) is 0.632. The average Bonchev–Trinajstić information content (AvgIpc) is 2.41. The zero-order valence-electron chi connectivity index (χ0n) is 10.5. The molecule has 0 spiro atoms. The number of methoxy groups -OCH3 is 1. The predicted octanol–water partition coefficient (Wildman–Crippen LogP) is 1.29. The topological polar surface area (TPSA) is 93.5 Å². The second-order valence-corrected chi connectivity index (χ2v) is 4.27. The van der Waals surface area contributed by atoms with Crippen molar-refractivity contribution in [3.05, 3.63) is 28.3 Å². The molecule has 0 radical (unpaired) electrons. The Kier molecular flexibility index (Phi) is 3.84. The second-order valence-electron chi connectivity index (χ2n) is 4.27. The van der Waals surface area contributed by atoms with Crippen molar-refractivity contribution >= 4 is 17.3 Å². The number of nitrogens with zero attached hydrogens (tertiary/aromatic N) is 1. The number of carbonyl (C=O) groups is 1. The highest BCUT2D eigenvalue weighted by Crippen LogP contribution is 2.30. The zero-order chi connectivity index (χ0) is 13.8. The van der Waals surface area contributed by atoms with Crippen molar-refractivity contribution < 1.29 is 14.5 Å². The minimum absolute atomic E-state index is 0.0702. The van der Waals surface area contributed by atoms with Gasteiger partial charge in [0.1, 0.15) is 17.5 Å². The number of hydrogen-bond donors (Lipinski definition) is 2. The molecule has 0 bridgehead atoms. The highest BCUT2D eigenvalue weighted by atomic mass is 16.6. The number of anilines is 1. The van der Waals surface area contributed by atoms with Gasteiger partial charge in [0.2, 0.25) is 5.91 Å². The summed E-state index contributed by atoms with van der Waals surface area (Å²) >= 11 is 0. The summed E-state index contributed by atoms with van der Waals surface area (Å²) in [6.07, 6.45) is 1.50. The number of benzene rings is 1. The van der Waals surface area contributed by atoms with E-state index in [-0.39, 0.29) is 11.6 Å². The maximum absolute atomic E-state index is 11.7. The summed E-state index contributed by atoms with van der Waals surface area (Å²) in [6, 6.07) is 3.96. The van der Waals surface area contributed by atoms with Gasteiger partial charge >= 0.3 is 0 Å². The molecule has 1 aromatic carbocycles. The minimum Gasteiger partial charge on any atom is -0.497 e. The monoisotopic (exact) mass is 265 g/mol. The van der Waals surface area contributed by atoms with Gasteiger partial charge in [-0.3, -0.25) is 14.9 Å². The van der Waals surface area contributed by atoms with Gasteiger partial charge < -0.3 is 15.4 Å². The number of carbonyl (C=O) groups excluding carboxylic acids is 1. The largest absolute Gasteiger partial charge is 0.497 e. The van der Waals surface area contributed by atoms with Gasteiger partial charge in [-0.05, 0) is 18.9 Å². The lowest BCUT2D eigenvalue weighted by atomic mass is 10.1. The number of nitro benzene ring substituents is 1. The molecule has 1 heterocycles. The SMILES string of the molecule is COc1ccc([N+](=O)[O-])c(NC2CCCNC2=O)c1. The van der Waals surface area contributed by atoms with Gasteiger partial charge in [-0.1, -0.05) is 0 Å². The number of piperidine rings is 1. The van der Waals surface area contributed by atoms with E-state index in [0.717, 1.165) is 6.42 Å². The molecule has 7 heteroatoms. The molecule has 2 N–H and O–H groups in total. The van der Waals surface area contributed by atoms with Crippen molar-refractivity contribution in [2.45, 2.75) is 18.9 Å². The smallest absolute Gasteiger partial charge is 0.292 e. The highest BCUT2D eigenvalue weighted by molar-refractivity contribution is 5.86. The van der Waals surface area contributed by atoms with E-state index in [4.69, 9.17) is 4.74 Å². The summed E-state index contributed by atoms with van der Waals surface area (Å²) in [6.45, 7) is 0.650. The van der Waals surface area contributed by atoms with Gasteiger partial charge in [0, 0.05) is 18.7 Å². The van der Waals surface area contributed by atoms with Crippen molar-refractivity contribution in [3.8, 4) is 5.75 Å². The molecule has 7 nitrogen and oxygen atoms in total. The lowest BCUT2D eigenvalue weighted by Gasteiger charge is -2.23. The van der Waals surface area contributed by atoms with E-state index in [1.165, 1.54) is 25.3 Å². The first-order chi connectivity index (χ1) is 9.11. The Morgan fingerprint density at radius 2 is 2.32 bits per heavy atom. The van der Waals surface area contributed by atoms with E-state index in [2.05, 4.69) is 10.6 Å². The first-order valence-corrected chi connectivity index (χ1v) is 5.98. The molecule has 0 aliphatic carbocycles. The van der Waals surface area contributed by atoms with Crippen LogP contribution in [0.3, 0.4) is 0 Å². The maximum atomic E-state index is 11.7. The van der Waals surface area contributed by atoms with Gasteiger partial charge in [-0.15, -0.1) is 0 Å². The Hall–Kier alpha value is -2.31. The molecule has 19 heavy (non-hydrogen) atoms. The van der Waals surface area contributed by atoms with E-state index in [1.54, 1.807) is 0 Å². The Morgan fingerprint density at radius 3 is 2.95 bits per heavy atom. The molecule has 1 aliphatic rings. The van der Waals surface area contributed by atoms with Crippen LogP contribution < -0.4 is 15.4 Å². The van der Waals surface area contributed by atoms with Gasteiger partial charge in [-0.2, -0.15) is 0 Å². The van der Waals surface area contributed by atoms with Crippen LogP contribution in [0.4, 0.5) is 11.4 Å². The molecule has 1 unspecified atom stereocenters. The van der Waals surface area contributed by atoms with Crippen molar-refractivity contribution in [3.63, 3.8) is 0 Å². The molecule has 1 fully saturated rings. The van der Waals surface area contributed by atoms with Crippen LogP contribution in [0.25, 0.3) is 0 Å². The summed E-state index contributed by atoms with van der Waals surface area (Å²) in [5, 5.41) is 16.6. The van der Waals surface area contributed by atoms with Gasteiger partial charge in [0.25, 0.3) is 5.69 Å². The maximum Gasteiger partial charge on any atom is 0.292 e. The zero-order valence-corrected chi connectivity index (χ0v) is 10.5. The summed E-state index contributed by atoms with van der Waals surface area (Å²) in [5.41, 5.74) is 0.227. The van der Waals surface area contributed by atoms with Crippen molar-refractivity contribution in [2.75, 3.05) is 19.0 Å². The molecule has 1 atom stereocenters. The summed E-state index contributed by atoms with van der Waals surface area (Å²) in [4.78, 5) is 22.1. The van der Waals surface area contributed by atoms with E-state index in [1.807, 2.05) is 0 Å². The normalized spacial score (nSPS) is 18.6. The van der Waals surface area contributed by atoms with Crippen LogP contribution in [-0.4, -0.2) is 30.5 Å². The lowest BCUT2D eigenvalue weighted by Crippen LogP contribution is -2.44. The van der Waals surface area contributed by atoms with Crippen molar-refractivity contribution in [1.82, 2.24) is 5.32 Å². The Balaban J connectivity index is 2.26. The van der Waals surface area contributed by atoms with Crippen LogP contribution in [0, 0.1) is 10.1 Å². The Bertz CT molecular complexity index is 504. The third-order valence-electron chi connectivity index (χ3n) is 3.02. The third-order valence-corrected chi connectivity index (χ3v) is 3.02. The lowest BCUT2D eigenvalue weighted by molar-refractivity contribution is -0.384. The average molecular weight is 265 g/mol. The standard InChI is InChI=1S/C12H15N3O4/c1-19-8-4-5-11(15(17)18)10(7-8)14-9-3-2-6-13-12(9)16/h4-5,7,9,14H,2-3,6H2,1H3,(H,13,16). The molecule has 1 amide bonds. The Labute approximate surface area is 110 Å². The fraction of sp³-hybridized carbons (Fsp3) is 0.417. The fourth-order valence-electron chi connectivity index (χ4n) is 2.01. The summed E-state index contributed by atoms with van der Waals surface area (Å²) in [7, 11) is 1.48. The Morgan fingerprint density at radius 1 is 1.53 bits per heavy atom. The van der Waals surface area contributed by atoms with E-state index < -0.39 is 11.0 Å². The molecule has 2 rings (SSSR count). The molecule has 1 aromatic rings. The van der Waals surface area contributed by atoms with Crippen LogP contribution in [-0.2, 0) is 4.79 Å². The van der Waals surface area contributed by atoms with Crippen LogP contribution in [0.15, 0.2) is 18.2 Å². The number of amides is 1. The molecule has 1 aliphatic heterocycles.